The van der Waals surface area contributed by atoms with Gasteiger partial charge in [-0.15, -0.1) is 0 Å². The first kappa shape index (κ1) is 11.4. The third kappa shape index (κ3) is 1.80. The number of benzene rings is 1. The average molecular weight is 223 g/mol. The minimum Gasteiger partial charge on any atom is -0.494 e. The zero-order chi connectivity index (χ0) is 11.8. The van der Waals surface area contributed by atoms with Gasteiger partial charge in [0.05, 0.1) is 7.11 Å². The van der Waals surface area contributed by atoms with E-state index in [9.17, 15) is 4.39 Å². The second kappa shape index (κ2) is 4.06. The monoisotopic (exact) mass is 223 g/mol. The Bertz CT molecular complexity index is 397. The smallest absolute Gasteiger partial charge is 0.165 e. The molecule has 1 fully saturated rings. The summed E-state index contributed by atoms with van der Waals surface area (Å²) in [5, 5.41) is 0. The topological polar surface area (TPSA) is 35.2 Å². The van der Waals surface area contributed by atoms with Crippen molar-refractivity contribution >= 4 is 0 Å². The quantitative estimate of drug-likeness (QED) is 0.836. The van der Waals surface area contributed by atoms with Crippen LogP contribution in [0.5, 0.6) is 5.75 Å². The lowest BCUT2D eigenvalue weighted by molar-refractivity contribution is 0.381. The van der Waals surface area contributed by atoms with Gasteiger partial charge in [0.1, 0.15) is 0 Å². The third-order valence-electron chi connectivity index (χ3n) is 3.53. The lowest BCUT2D eigenvalue weighted by Gasteiger charge is -2.26. The van der Waals surface area contributed by atoms with Gasteiger partial charge in [-0.1, -0.05) is 12.8 Å². The van der Waals surface area contributed by atoms with Crippen LogP contribution in [0.4, 0.5) is 4.39 Å². The van der Waals surface area contributed by atoms with Gasteiger partial charge in [-0.05, 0) is 43.0 Å². The Morgan fingerprint density at radius 2 is 1.94 bits per heavy atom. The van der Waals surface area contributed by atoms with Crippen molar-refractivity contribution in [2.45, 2.75) is 38.1 Å². The number of nitrogens with two attached hydrogens (primary N) is 1. The number of aryl methyl sites for hydroxylation is 1. The fourth-order valence-electron chi connectivity index (χ4n) is 2.62. The minimum atomic E-state index is -0.314. The SMILES string of the molecule is COc1cc(C2(N)CCCC2)c(C)cc1F. The molecule has 0 unspecified atom stereocenters. The molecule has 1 aliphatic carbocycles. The molecule has 2 nitrogen and oxygen atoms in total. The van der Waals surface area contributed by atoms with Crippen molar-refractivity contribution in [3.05, 3.63) is 29.1 Å². The van der Waals surface area contributed by atoms with Gasteiger partial charge in [0.15, 0.2) is 11.6 Å². The van der Waals surface area contributed by atoms with Gasteiger partial charge in [-0.25, -0.2) is 4.39 Å². The van der Waals surface area contributed by atoms with E-state index in [0.29, 0.717) is 0 Å². The molecule has 0 atom stereocenters. The first-order valence-electron chi connectivity index (χ1n) is 5.70. The number of methoxy groups -OCH3 is 1. The van der Waals surface area contributed by atoms with Crippen LogP contribution in [0.25, 0.3) is 0 Å². The van der Waals surface area contributed by atoms with Crippen molar-refractivity contribution in [1.29, 1.82) is 0 Å². The summed E-state index contributed by atoms with van der Waals surface area (Å²) in [6.07, 6.45) is 4.25. The van der Waals surface area contributed by atoms with Gasteiger partial charge in [0.2, 0.25) is 0 Å². The van der Waals surface area contributed by atoms with Crippen LogP contribution in [0.1, 0.15) is 36.8 Å². The molecular weight excluding hydrogens is 205 g/mol. The van der Waals surface area contributed by atoms with Crippen LogP contribution in [0.2, 0.25) is 0 Å². The largest absolute Gasteiger partial charge is 0.494 e. The molecule has 0 amide bonds. The van der Waals surface area contributed by atoms with Gasteiger partial charge in [0.25, 0.3) is 0 Å². The Labute approximate surface area is 95.6 Å². The summed E-state index contributed by atoms with van der Waals surface area (Å²) < 4.78 is 18.5. The summed E-state index contributed by atoms with van der Waals surface area (Å²) in [7, 11) is 1.48. The first-order valence-corrected chi connectivity index (χ1v) is 5.70. The van der Waals surface area contributed by atoms with Gasteiger partial charge in [-0.3, -0.25) is 0 Å². The van der Waals surface area contributed by atoms with Gasteiger partial charge >= 0.3 is 0 Å². The predicted molar refractivity (Wildman–Crippen MR) is 62.0 cm³/mol. The van der Waals surface area contributed by atoms with E-state index in [4.69, 9.17) is 10.5 Å². The summed E-state index contributed by atoms with van der Waals surface area (Å²) in [5.41, 5.74) is 8.04. The van der Waals surface area contributed by atoms with Crippen LogP contribution in [-0.2, 0) is 5.54 Å². The Morgan fingerprint density at radius 3 is 2.50 bits per heavy atom. The first-order chi connectivity index (χ1) is 7.57. The van der Waals surface area contributed by atoms with E-state index in [0.717, 1.165) is 36.8 Å². The van der Waals surface area contributed by atoms with E-state index in [1.807, 2.05) is 6.92 Å². The van der Waals surface area contributed by atoms with Crippen molar-refractivity contribution in [1.82, 2.24) is 0 Å². The Kier molecular flexibility index (Phi) is 2.89. The highest BCUT2D eigenvalue weighted by molar-refractivity contribution is 5.41. The summed E-state index contributed by atoms with van der Waals surface area (Å²) >= 11 is 0. The molecule has 0 saturated heterocycles. The molecule has 88 valence electrons. The lowest BCUT2D eigenvalue weighted by Crippen LogP contribution is -2.34. The standard InChI is InChI=1S/C13H18FNO/c1-9-7-11(14)12(16-2)8-10(9)13(15)5-3-4-6-13/h7-8H,3-6,15H2,1-2H3. The van der Waals surface area contributed by atoms with Gasteiger partial charge in [0, 0.05) is 5.54 Å². The van der Waals surface area contributed by atoms with Crippen LogP contribution < -0.4 is 10.5 Å². The van der Waals surface area contributed by atoms with Crippen molar-refractivity contribution in [3.63, 3.8) is 0 Å². The molecule has 2 rings (SSSR count). The van der Waals surface area contributed by atoms with Crippen LogP contribution in [-0.4, -0.2) is 7.11 Å². The average Bonchev–Trinajstić information content (AvgIpc) is 2.66. The molecule has 0 bridgehead atoms. The molecule has 1 aliphatic rings. The summed E-state index contributed by atoms with van der Waals surface area (Å²) in [5.74, 6) is -0.0253. The van der Waals surface area contributed by atoms with E-state index in [2.05, 4.69) is 0 Å². The molecule has 0 spiro atoms. The van der Waals surface area contributed by atoms with Gasteiger partial charge < -0.3 is 10.5 Å². The van der Waals surface area contributed by atoms with E-state index < -0.39 is 0 Å². The molecule has 0 aromatic heterocycles. The fourth-order valence-corrected chi connectivity index (χ4v) is 2.62. The molecule has 1 aromatic carbocycles. The summed E-state index contributed by atoms with van der Waals surface area (Å²) in [6, 6.07) is 3.27. The number of ether oxygens (including phenoxy) is 1. The molecule has 0 aliphatic heterocycles. The normalized spacial score (nSPS) is 18.8. The highest BCUT2D eigenvalue weighted by Crippen LogP contribution is 2.39. The minimum absolute atomic E-state index is 0.287. The zero-order valence-corrected chi connectivity index (χ0v) is 9.85. The van der Waals surface area contributed by atoms with Crippen molar-refractivity contribution in [2.24, 2.45) is 5.73 Å². The van der Waals surface area contributed by atoms with E-state index >= 15 is 0 Å². The maximum atomic E-state index is 13.5. The van der Waals surface area contributed by atoms with Crippen molar-refractivity contribution in [3.8, 4) is 5.75 Å². The summed E-state index contributed by atoms with van der Waals surface area (Å²) in [4.78, 5) is 0. The Morgan fingerprint density at radius 1 is 1.31 bits per heavy atom. The molecule has 0 radical (unpaired) electrons. The fraction of sp³-hybridized carbons (Fsp3) is 0.538. The molecule has 1 saturated carbocycles. The maximum Gasteiger partial charge on any atom is 0.165 e. The van der Waals surface area contributed by atoms with Crippen LogP contribution in [0.15, 0.2) is 12.1 Å². The lowest BCUT2D eigenvalue weighted by atomic mass is 9.86. The van der Waals surface area contributed by atoms with Crippen LogP contribution in [0, 0.1) is 12.7 Å². The molecule has 1 aromatic rings. The van der Waals surface area contributed by atoms with E-state index in [1.165, 1.54) is 13.2 Å². The van der Waals surface area contributed by atoms with E-state index in [1.54, 1.807) is 6.07 Å². The highest BCUT2D eigenvalue weighted by atomic mass is 19.1. The van der Waals surface area contributed by atoms with Crippen LogP contribution >= 0.6 is 0 Å². The Balaban J connectivity index is 2.47. The Hall–Kier alpha value is -1.09. The number of rotatable bonds is 2. The van der Waals surface area contributed by atoms with Crippen molar-refractivity contribution in [2.75, 3.05) is 7.11 Å². The number of hydrogen-bond acceptors (Lipinski definition) is 2. The predicted octanol–water partition coefficient (Wildman–Crippen LogP) is 2.87. The van der Waals surface area contributed by atoms with Gasteiger partial charge in [-0.2, -0.15) is 0 Å². The molecule has 16 heavy (non-hydrogen) atoms. The van der Waals surface area contributed by atoms with Crippen molar-refractivity contribution < 1.29 is 9.13 Å². The molecule has 3 heteroatoms. The zero-order valence-electron chi connectivity index (χ0n) is 9.85. The molecular formula is C13H18FNO. The number of hydrogen-bond donors (Lipinski definition) is 1. The van der Waals surface area contributed by atoms with Crippen LogP contribution in [0.3, 0.4) is 0 Å². The maximum absolute atomic E-state index is 13.5. The second-order valence-corrected chi connectivity index (χ2v) is 4.66. The highest BCUT2D eigenvalue weighted by Gasteiger charge is 2.33. The number of halogens is 1. The molecule has 0 heterocycles. The third-order valence-corrected chi connectivity index (χ3v) is 3.53. The summed E-state index contributed by atoms with van der Waals surface area (Å²) in [6.45, 7) is 1.91. The molecule has 2 N–H and O–H groups in total. The second-order valence-electron chi connectivity index (χ2n) is 4.66. The van der Waals surface area contributed by atoms with E-state index in [-0.39, 0.29) is 17.1 Å².